The lowest BCUT2D eigenvalue weighted by atomic mass is 9.89. The van der Waals surface area contributed by atoms with Gasteiger partial charge in [0, 0.05) is 16.2 Å². The van der Waals surface area contributed by atoms with Crippen LogP contribution in [0.3, 0.4) is 0 Å². The van der Waals surface area contributed by atoms with Crippen molar-refractivity contribution in [1.82, 2.24) is 4.57 Å². The lowest BCUT2D eigenvalue weighted by Gasteiger charge is -2.13. The van der Waals surface area contributed by atoms with Crippen molar-refractivity contribution in [3.05, 3.63) is 84.9 Å². The minimum atomic E-state index is 0.815. The fraction of sp³-hybridized carbons (Fsp3) is 0. The Labute approximate surface area is 141 Å². The standard InChI is InChI=1S/C22H14BN/c23-19-13-14-22(16-8-2-1-7-15(16)19)24-20-11-5-3-9-17(20)18-10-4-6-12-21(18)24/h1-14H. The molecule has 1 heterocycles. The molecule has 0 saturated heterocycles. The highest BCUT2D eigenvalue weighted by Gasteiger charge is 2.13. The lowest BCUT2D eigenvalue weighted by Crippen LogP contribution is -2.06. The third-order valence-corrected chi connectivity index (χ3v) is 4.76. The number of para-hydroxylation sites is 2. The van der Waals surface area contributed by atoms with E-state index in [-0.39, 0.29) is 0 Å². The van der Waals surface area contributed by atoms with Crippen LogP contribution in [0.15, 0.2) is 84.9 Å². The van der Waals surface area contributed by atoms with E-state index in [0.29, 0.717) is 0 Å². The first kappa shape index (κ1) is 13.4. The Morgan fingerprint density at radius 3 is 1.62 bits per heavy atom. The molecule has 110 valence electrons. The average Bonchev–Trinajstić information content (AvgIpc) is 2.97. The first-order valence-corrected chi connectivity index (χ1v) is 8.10. The van der Waals surface area contributed by atoms with Gasteiger partial charge in [-0.25, -0.2) is 0 Å². The highest BCUT2D eigenvalue weighted by Crippen LogP contribution is 2.33. The molecule has 0 aliphatic heterocycles. The molecule has 0 aliphatic carbocycles. The van der Waals surface area contributed by atoms with Gasteiger partial charge in [0.15, 0.2) is 0 Å². The molecule has 0 bridgehead atoms. The molecule has 24 heavy (non-hydrogen) atoms. The summed E-state index contributed by atoms with van der Waals surface area (Å²) < 4.78 is 2.34. The summed E-state index contributed by atoms with van der Waals surface area (Å²) in [6, 6.07) is 29.6. The molecule has 5 rings (SSSR count). The van der Waals surface area contributed by atoms with Crippen molar-refractivity contribution < 1.29 is 0 Å². The molecule has 0 atom stereocenters. The van der Waals surface area contributed by atoms with Crippen LogP contribution >= 0.6 is 0 Å². The third-order valence-electron chi connectivity index (χ3n) is 4.76. The van der Waals surface area contributed by atoms with Crippen molar-refractivity contribution >= 4 is 45.9 Å². The molecule has 5 aromatic rings. The molecule has 0 fully saturated rings. The van der Waals surface area contributed by atoms with Gasteiger partial charge in [0.1, 0.15) is 7.85 Å². The molecule has 4 aromatic carbocycles. The summed E-state index contributed by atoms with van der Waals surface area (Å²) in [4.78, 5) is 0. The first-order chi connectivity index (χ1) is 11.8. The molecule has 2 heteroatoms. The highest BCUT2D eigenvalue weighted by atomic mass is 15.0. The summed E-state index contributed by atoms with van der Waals surface area (Å²) >= 11 is 0. The van der Waals surface area contributed by atoms with Crippen molar-refractivity contribution in [2.45, 2.75) is 0 Å². The summed E-state index contributed by atoms with van der Waals surface area (Å²) in [7, 11) is 6.19. The van der Waals surface area contributed by atoms with E-state index < -0.39 is 0 Å². The van der Waals surface area contributed by atoms with E-state index in [9.17, 15) is 0 Å². The van der Waals surface area contributed by atoms with E-state index >= 15 is 0 Å². The fourth-order valence-electron chi connectivity index (χ4n) is 3.68. The second kappa shape index (κ2) is 5.00. The number of hydrogen-bond acceptors (Lipinski definition) is 0. The topological polar surface area (TPSA) is 4.93 Å². The molecule has 1 nitrogen and oxygen atoms in total. The Kier molecular flexibility index (Phi) is 2.80. The normalized spacial score (nSPS) is 11.5. The molecule has 0 spiro atoms. The largest absolute Gasteiger partial charge is 0.309 e. The van der Waals surface area contributed by atoms with Crippen molar-refractivity contribution in [3.63, 3.8) is 0 Å². The highest BCUT2D eigenvalue weighted by molar-refractivity contribution is 6.39. The monoisotopic (exact) mass is 303 g/mol. The Morgan fingerprint density at radius 1 is 0.500 bits per heavy atom. The SMILES string of the molecule is [B]c1ccc(-n2c3ccccc3c3ccccc32)c2ccccc12. The predicted octanol–water partition coefficient (Wildman–Crippen LogP) is 4.73. The molecular formula is C22H14BN. The number of hydrogen-bond donors (Lipinski definition) is 0. The van der Waals surface area contributed by atoms with Crippen molar-refractivity contribution in [2.24, 2.45) is 0 Å². The number of rotatable bonds is 1. The van der Waals surface area contributed by atoms with Gasteiger partial charge in [0.2, 0.25) is 0 Å². The van der Waals surface area contributed by atoms with E-state index in [4.69, 9.17) is 7.85 Å². The Morgan fingerprint density at radius 2 is 1.00 bits per heavy atom. The van der Waals surface area contributed by atoms with Crippen LogP contribution in [0.5, 0.6) is 0 Å². The molecule has 0 aliphatic rings. The lowest BCUT2D eigenvalue weighted by molar-refractivity contribution is 1.20. The zero-order valence-corrected chi connectivity index (χ0v) is 13.1. The minimum Gasteiger partial charge on any atom is -0.309 e. The fourth-order valence-corrected chi connectivity index (χ4v) is 3.68. The van der Waals surface area contributed by atoms with E-state index in [1.54, 1.807) is 0 Å². The summed E-state index contributed by atoms with van der Waals surface area (Å²) in [5.74, 6) is 0. The maximum Gasteiger partial charge on any atom is 0.114 e. The van der Waals surface area contributed by atoms with Crippen LogP contribution in [-0.4, -0.2) is 12.4 Å². The number of nitrogens with zero attached hydrogens (tertiary/aromatic N) is 1. The van der Waals surface area contributed by atoms with Crippen molar-refractivity contribution in [1.29, 1.82) is 0 Å². The zero-order valence-electron chi connectivity index (χ0n) is 13.1. The molecule has 0 saturated carbocycles. The van der Waals surface area contributed by atoms with Crippen LogP contribution in [-0.2, 0) is 0 Å². The Hall–Kier alpha value is -3.00. The van der Waals surface area contributed by atoms with Crippen LogP contribution < -0.4 is 5.46 Å². The molecule has 2 radical (unpaired) electrons. The average molecular weight is 303 g/mol. The second-order valence-electron chi connectivity index (χ2n) is 6.09. The quantitative estimate of drug-likeness (QED) is 0.394. The number of fused-ring (bicyclic) bond motifs is 4. The van der Waals surface area contributed by atoms with Crippen LogP contribution in [0.2, 0.25) is 0 Å². The van der Waals surface area contributed by atoms with E-state index in [1.807, 2.05) is 12.1 Å². The molecule has 0 N–H and O–H groups in total. The summed E-state index contributed by atoms with van der Waals surface area (Å²) in [6.07, 6.45) is 0. The van der Waals surface area contributed by atoms with E-state index in [1.165, 1.54) is 27.2 Å². The Bertz CT molecular complexity index is 1160. The first-order valence-electron chi connectivity index (χ1n) is 8.10. The number of benzene rings is 4. The maximum atomic E-state index is 6.19. The Balaban J connectivity index is 2.02. The van der Waals surface area contributed by atoms with Gasteiger partial charge < -0.3 is 4.57 Å². The van der Waals surface area contributed by atoms with Crippen LogP contribution in [0.25, 0.3) is 38.3 Å². The predicted molar refractivity (Wildman–Crippen MR) is 104 cm³/mol. The van der Waals surface area contributed by atoms with Crippen LogP contribution in [0.1, 0.15) is 0 Å². The second-order valence-corrected chi connectivity index (χ2v) is 6.09. The summed E-state index contributed by atoms with van der Waals surface area (Å²) in [5, 5.41) is 4.81. The minimum absolute atomic E-state index is 0.815. The molecular weight excluding hydrogens is 289 g/mol. The van der Waals surface area contributed by atoms with Crippen LogP contribution in [0.4, 0.5) is 0 Å². The van der Waals surface area contributed by atoms with Gasteiger partial charge in [-0.3, -0.25) is 0 Å². The zero-order chi connectivity index (χ0) is 16.1. The van der Waals surface area contributed by atoms with Crippen LogP contribution in [0, 0.1) is 0 Å². The van der Waals surface area contributed by atoms with Gasteiger partial charge in [-0.2, -0.15) is 0 Å². The summed E-state index contributed by atoms with van der Waals surface area (Å²) in [5.41, 5.74) is 4.41. The summed E-state index contributed by atoms with van der Waals surface area (Å²) in [6.45, 7) is 0. The van der Waals surface area contributed by atoms with Gasteiger partial charge in [-0.15, -0.1) is 0 Å². The van der Waals surface area contributed by atoms with Gasteiger partial charge in [-0.1, -0.05) is 72.2 Å². The smallest absolute Gasteiger partial charge is 0.114 e. The van der Waals surface area contributed by atoms with Crippen molar-refractivity contribution in [3.8, 4) is 5.69 Å². The molecule has 0 unspecified atom stereocenters. The van der Waals surface area contributed by atoms with Gasteiger partial charge in [-0.05, 0) is 23.6 Å². The van der Waals surface area contributed by atoms with Gasteiger partial charge in [0.25, 0.3) is 0 Å². The van der Waals surface area contributed by atoms with E-state index in [2.05, 4.69) is 77.4 Å². The molecule has 0 amide bonds. The maximum absolute atomic E-state index is 6.19. The van der Waals surface area contributed by atoms with Gasteiger partial charge in [0.05, 0.1) is 16.7 Å². The molecule has 1 aromatic heterocycles. The third kappa shape index (κ3) is 1.77. The van der Waals surface area contributed by atoms with Gasteiger partial charge >= 0.3 is 0 Å². The number of aromatic nitrogens is 1. The van der Waals surface area contributed by atoms with E-state index in [0.717, 1.165) is 16.5 Å². The van der Waals surface area contributed by atoms with Crippen molar-refractivity contribution in [2.75, 3.05) is 0 Å².